The predicted octanol–water partition coefficient (Wildman–Crippen LogP) is -0.904. The fraction of sp³-hybridized carbons (Fsp3) is 0.333. The summed E-state index contributed by atoms with van der Waals surface area (Å²) in [6.07, 6.45) is 1.06. The number of hydrogen-bond acceptors (Lipinski definition) is 4. The maximum absolute atomic E-state index is 10.7. The van der Waals surface area contributed by atoms with Crippen LogP contribution < -0.4 is 11.3 Å². The second-order valence-corrected chi connectivity index (χ2v) is 1.82. The van der Waals surface area contributed by atoms with Crippen LogP contribution in [0.25, 0.3) is 0 Å². The highest BCUT2D eigenvalue weighted by molar-refractivity contribution is 5.98. The largest absolute Gasteiger partial charge is 0.466 e. The standard InChI is InChI=1S/C6H10N2O3/c1-4(6(10)8-7)3-5(9)11-2/h3H,7H2,1-2H3,(H,8,10)/b4-3+. The maximum atomic E-state index is 10.7. The lowest BCUT2D eigenvalue weighted by molar-refractivity contribution is -0.135. The minimum Gasteiger partial charge on any atom is -0.466 e. The fourth-order valence-electron chi connectivity index (χ4n) is 0.415. The van der Waals surface area contributed by atoms with Crippen LogP contribution in [0.2, 0.25) is 0 Å². The van der Waals surface area contributed by atoms with Crippen molar-refractivity contribution >= 4 is 11.9 Å². The topological polar surface area (TPSA) is 81.4 Å². The van der Waals surface area contributed by atoms with Crippen LogP contribution in [0.4, 0.5) is 0 Å². The number of carbonyl (C=O) groups excluding carboxylic acids is 2. The number of hydrazine groups is 1. The van der Waals surface area contributed by atoms with E-state index in [-0.39, 0.29) is 5.57 Å². The molecule has 0 radical (unpaired) electrons. The molecule has 11 heavy (non-hydrogen) atoms. The van der Waals surface area contributed by atoms with Crippen molar-refractivity contribution in [3.05, 3.63) is 11.6 Å². The molecule has 0 aliphatic heterocycles. The number of hydrogen-bond donors (Lipinski definition) is 2. The zero-order valence-corrected chi connectivity index (χ0v) is 6.38. The molecule has 1 amide bonds. The van der Waals surface area contributed by atoms with Crippen molar-refractivity contribution in [3.8, 4) is 0 Å². The Morgan fingerprint density at radius 2 is 2.09 bits per heavy atom. The predicted molar refractivity (Wildman–Crippen MR) is 38.1 cm³/mol. The van der Waals surface area contributed by atoms with Gasteiger partial charge in [0.05, 0.1) is 7.11 Å². The van der Waals surface area contributed by atoms with Gasteiger partial charge in [0.25, 0.3) is 5.91 Å². The first-order chi connectivity index (χ1) is 5.11. The van der Waals surface area contributed by atoms with E-state index in [9.17, 15) is 9.59 Å². The van der Waals surface area contributed by atoms with Crippen molar-refractivity contribution in [2.24, 2.45) is 5.84 Å². The fourth-order valence-corrected chi connectivity index (χ4v) is 0.415. The minimum atomic E-state index is -0.578. The van der Waals surface area contributed by atoms with Gasteiger partial charge in [0.1, 0.15) is 0 Å². The SMILES string of the molecule is COC(=O)/C=C(\C)C(=O)NN. The summed E-state index contributed by atoms with van der Waals surface area (Å²) in [5.41, 5.74) is 2.09. The van der Waals surface area contributed by atoms with E-state index < -0.39 is 11.9 Å². The Hall–Kier alpha value is -1.36. The zero-order chi connectivity index (χ0) is 8.85. The summed E-state index contributed by atoms with van der Waals surface area (Å²) < 4.78 is 4.28. The Balaban J connectivity index is 4.21. The van der Waals surface area contributed by atoms with Gasteiger partial charge in [0, 0.05) is 11.6 Å². The highest BCUT2D eigenvalue weighted by atomic mass is 16.5. The first-order valence-corrected chi connectivity index (χ1v) is 2.89. The molecular weight excluding hydrogens is 148 g/mol. The molecule has 0 saturated carbocycles. The number of amides is 1. The lowest BCUT2D eigenvalue weighted by Crippen LogP contribution is -2.30. The summed E-state index contributed by atoms with van der Waals surface area (Å²) in [4.78, 5) is 21.2. The van der Waals surface area contributed by atoms with Gasteiger partial charge < -0.3 is 4.74 Å². The van der Waals surface area contributed by atoms with E-state index in [4.69, 9.17) is 5.84 Å². The van der Waals surface area contributed by atoms with Crippen LogP contribution >= 0.6 is 0 Å². The Kier molecular flexibility index (Phi) is 3.90. The molecule has 5 nitrogen and oxygen atoms in total. The van der Waals surface area contributed by atoms with E-state index in [1.807, 2.05) is 5.43 Å². The van der Waals surface area contributed by atoms with Crippen LogP contribution in [-0.4, -0.2) is 19.0 Å². The van der Waals surface area contributed by atoms with Crippen LogP contribution in [0.15, 0.2) is 11.6 Å². The molecule has 0 atom stereocenters. The number of carbonyl (C=O) groups is 2. The number of nitrogens with one attached hydrogen (secondary N) is 1. The molecule has 0 unspecified atom stereocenters. The van der Waals surface area contributed by atoms with Gasteiger partial charge in [-0.05, 0) is 6.92 Å². The molecule has 0 spiro atoms. The first kappa shape index (κ1) is 9.64. The van der Waals surface area contributed by atoms with Gasteiger partial charge in [0.15, 0.2) is 0 Å². The van der Waals surface area contributed by atoms with Crippen molar-refractivity contribution in [1.29, 1.82) is 0 Å². The molecule has 0 bridgehead atoms. The summed E-state index contributed by atoms with van der Waals surface area (Å²) in [5.74, 6) is 3.72. The number of methoxy groups -OCH3 is 1. The normalized spacial score (nSPS) is 10.6. The van der Waals surface area contributed by atoms with Gasteiger partial charge in [-0.15, -0.1) is 0 Å². The molecule has 0 saturated heterocycles. The second kappa shape index (κ2) is 4.45. The minimum absolute atomic E-state index is 0.208. The average molecular weight is 158 g/mol. The van der Waals surface area contributed by atoms with Crippen molar-refractivity contribution in [1.82, 2.24) is 5.43 Å². The van der Waals surface area contributed by atoms with Crippen LogP contribution in [-0.2, 0) is 14.3 Å². The number of nitrogens with two attached hydrogens (primary N) is 1. The molecular formula is C6H10N2O3. The zero-order valence-electron chi connectivity index (χ0n) is 6.38. The van der Waals surface area contributed by atoms with Gasteiger partial charge in [-0.25, -0.2) is 10.6 Å². The van der Waals surface area contributed by atoms with E-state index in [2.05, 4.69) is 4.74 Å². The lowest BCUT2D eigenvalue weighted by atomic mass is 10.3. The van der Waals surface area contributed by atoms with Crippen molar-refractivity contribution < 1.29 is 14.3 Å². The molecule has 3 N–H and O–H groups in total. The molecule has 0 aliphatic rings. The number of esters is 1. The maximum Gasteiger partial charge on any atom is 0.330 e. The van der Waals surface area contributed by atoms with Crippen molar-refractivity contribution in [2.75, 3.05) is 7.11 Å². The van der Waals surface area contributed by atoms with E-state index in [1.165, 1.54) is 14.0 Å². The Labute approximate surface area is 64.2 Å². The molecule has 0 aromatic heterocycles. The molecule has 0 aromatic carbocycles. The third-order valence-corrected chi connectivity index (χ3v) is 1.02. The average Bonchev–Trinajstić information content (AvgIpc) is 2.02. The monoisotopic (exact) mass is 158 g/mol. The summed E-state index contributed by atoms with van der Waals surface area (Å²) in [5, 5.41) is 0. The quantitative estimate of drug-likeness (QED) is 0.179. The van der Waals surface area contributed by atoms with Gasteiger partial charge in [-0.2, -0.15) is 0 Å². The van der Waals surface area contributed by atoms with Crippen LogP contribution in [0.3, 0.4) is 0 Å². The van der Waals surface area contributed by atoms with Gasteiger partial charge >= 0.3 is 5.97 Å². The van der Waals surface area contributed by atoms with Gasteiger partial charge in [-0.1, -0.05) is 0 Å². The second-order valence-electron chi connectivity index (χ2n) is 1.82. The van der Waals surface area contributed by atoms with E-state index in [0.717, 1.165) is 6.08 Å². The molecule has 0 rings (SSSR count). The van der Waals surface area contributed by atoms with Gasteiger partial charge in [0.2, 0.25) is 0 Å². The number of rotatable bonds is 2. The van der Waals surface area contributed by atoms with Crippen LogP contribution in [0, 0.1) is 0 Å². The lowest BCUT2D eigenvalue weighted by Gasteiger charge is -1.97. The molecule has 5 heteroatoms. The van der Waals surface area contributed by atoms with Gasteiger partial charge in [-0.3, -0.25) is 10.2 Å². The molecule has 0 heterocycles. The van der Waals surface area contributed by atoms with Crippen LogP contribution in [0.1, 0.15) is 6.92 Å². The summed E-state index contributed by atoms with van der Waals surface area (Å²) in [7, 11) is 1.23. The van der Waals surface area contributed by atoms with Crippen molar-refractivity contribution in [3.63, 3.8) is 0 Å². The Morgan fingerprint density at radius 3 is 2.45 bits per heavy atom. The number of ether oxygens (including phenoxy) is 1. The first-order valence-electron chi connectivity index (χ1n) is 2.89. The third-order valence-electron chi connectivity index (χ3n) is 1.02. The van der Waals surface area contributed by atoms with Crippen LogP contribution in [0.5, 0.6) is 0 Å². The Morgan fingerprint density at radius 1 is 1.55 bits per heavy atom. The summed E-state index contributed by atoms with van der Waals surface area (Å²) in [6, 6.07) is 0. The Bertz CT molecular complexity index is 198. The highest BCUT2D eigenvalue weighted by Gasteiger charge is 2.03. The van der Waals surface area contributed by atoms with E-state index >= 15 is 0 Å². The smallest absolute Gasteiger partial charge is 0.330 e. The third kappa shape index (κ3) is 3.36. The van der Waals surface area contributed by atoms with E-state index in [0.29, 0.717) is 0 Å². The molecule has 0 fully saturated rings. The molecule has 62 valence electrons. The van der Waals surface area contributed by atoms with E-state index in [1.54, 1.807) is 0 Å². The molecule has 0 aromatic rings. The highest BCUT2D eigenvalue weighted by Crippen LogP contribution is 1.91. The summed E-state index contributed by atoms with van der Waals surface area (Å²) in [6.45, 7) is 1.46. The van der Waals surface area contributed by atoms with Crippen molar-refractivity contribution in [2.45, 2.75) is 6.92 Å². The summed E-state index contributed by atoms with van der Waals surface area (Å²) >= 11 is 0. The molecule has 0 aliphatic carbocycles.